The molecule has 8 nitrogen and oxygen atoms in total. The van der Waals surface area contributed by atoms with Crippen molar-refractivity contribution in [3.63, 3.8) is 0 Å². The largest absolute Gasteiger partial charge is 0.504 e. The second-order valence-electron chi connectivity index (χ2n) is 9.78. The molecule has 0 aliphatic carbocycles. The van der Waals surface area contributed by atoms with E-state index in [-0.39, 0.29) is 22.8 Å². The monoisotopic (exact) mass is 529 g/mol. The number of ether oxygens (including phenoxy) is 1. The minimum absolute atomic E-state index is 0.0448. The van der Waals surface area contributed by atoms with Crippen LogP contribution in [0.2, 0.25) is 0 Å². The number of thioether (sulfide) groups is 1. The normalized spacial score (nSPS) is 11.6. The molecule has 4 aromatic rings. The van der Waals surface area contributed by atoms with Gasteiger partial charge in [0, 0.05) is 16.8 Å². The van der Waals surface area contributed by atoms with Gasteiger partial charge in [0.1, 0.15) is 0 Å². The SMILES string of the molecule is COc1cccc(/C=N/NC(=O)CSc2nnc(-c3ccc(C(C)(C)C)cc3)n2-c2ccc(C)cc2)c1O. The van der Waals surface area contributed by atoms with E-state index in [4.69, 9.17) is 4.74 Å². The third-order valence-corrected chi connectivity index (χ3v) is 6.84. The van der Waals surface area contributed by atoms with Crippen LogP contribution in [-0.2, 0) is 10.2 Å². The molecule has 0 aliphatic rings. The predicted octanol–water partition coefficient (Wildman–Crippen LogP) is 5.50. The zero-order valence-corrected chi connectivity index (χ0v) is 22.9. The number of carbonyl (C=O) groups excluding carboxylic acids is 1. The highest BCUT2D eigenvalue weighted by molar-refractivity contribution is 7.99. The Bertz CT molecular complexity index is 1440. The van der Waals surface area contributed by atoms with Crippen LogP contribution in [-0.4, -0.2) is 44.9 Å². The molecule has 0 radical (unpaired) electrons. The maximum absolute atomic E-state index is 12.5. The molecule has 0 saturated heterocycles. The van der Waals surface area contributed by atoms with Crippen LogP contribution in [0.1, 0.15) is 37.5 Å². The molecule has 0 aliphatic heterocycles. The lowest BCUT2D eigenvalue weighted by molar-refractivity contribution is -0.118. The lowest BCUT2D eigenvalue weighted by Gasteiger charge is -2.19. The number of benzene rings is 3. The number of para-hydroxylation sites is 1. The number of methoxy groups -OCH3 is 1. The van der Waals surface area contributed by atoms with Crippen molar-refractivity contribution >= 4 is 23.9 Å². The third kappa shape index (κ3) is 6.23. The van der Waals surface area contributed by atoms with Crippen LogP contribution < -0.4 is 10.2 Å². The summed E-state index contributed by atoms with van der Waals surface area (Å²) < 4.78 is 7.05. The topological polar surface area (TPSA) is 102 Å². The molecule has 1 aromatic heterocycles. The summed E-state index contributed by atoms with van der Waals surface area (Å²) in [5, 5.41) is 23.6. The van der Waals surface area contributed by atoms with E-state index >= 15 is 0 Å². The predicted molar refractivity (Wildman–Crippen MR) is 151 cm³/mol. The number of aryl methyl sites for hydroxylation is 1. The summed E-state index contributed by atoms with van der Waals surface area (Å²) in [4.78, 5) is 12.5. The zero-order chi connectivity index (χ0) is 27.3. The number of hydrogen-bond donors (Lipinski definition) is 2. The Morgan fingerprint density at radius 2 is 1.79 bits per heavy atom. The van der Waals surface area contributed by atoms with Gasteiger partial charge in [0.15, 0.2) is 22.5 Å². The molecule has 196 valence electrons. The summed E-state index contributed by atoms with van der Waals surface area (Å²) in [6, 6.07) is 21.5. The van der Waals surface area contributed by atoms with E-state index in [1.807, 2.05) is 35.8 Å². The fourth-order valence-corrected chi connectivity index (χ4v) is 4.48. The van der Waals surface area contributed by atoms with Crippen LogP contribution in [0.15, 0.2) is 77.0 Å². The second-order valence-corrected chi connectivity index (χ2v) is 10.7. The molecule has 38 heavy (non-hydrogen) atoms. The van der Waals surface area contributed by atoms with Crippen LogP contribution in [0.4, 0.5) is 0 Å². The number of phenolic OH excluding ortho intramolecular Hbond substituents is 1. The number of phenols is 1. The Hall–Kier alpha value is -4.11. The molecule has 3 aromatic carbocycles. The molecule has 0 unspecified atom stereocenters. The Labute approximate surface area is 226 Å². The molecule has 0 spiro atoms. The maximum atomic E-state index is 12.5. The van der Waals surface area contributed by atoms with Gasteiger partial charge >= 0.3 is 0 Å². The fourth-order valence-electron chi connectivity index (χ4n) is 3.74. The van der Waals surface area contributed by atoms with E-state index in [9.17, 15) is 9.90 Å². The number of rotatable bonds is 8. The van der Waals surface area contributed by atoms with Crippen molar-refractivity contribution in [1.82, 2.24) is 20.2 Å². The first kappa shape index (κ1) is 26.9. The van der Waals surface area contributed by atoms with E-state index in [2.05, 4.69) is 65.8 Å². The molecule has 9 heteroatoms. The van der Waals surface area contributed by atoms with Crippen LogP contribution in [0.25, 0.3) is 17.1 Å². The summed E-state index contributed by atoms with van der Waals surface area (Å²) in [6.45, 7) is 8.58. The lowest BCUT2D eigenvalue weighted by atomic mass is 9.87. The van der Waals surface area contributed by atoms with Crippen molar-refractivity contribution in [3.8, 4) is 28.6 Å². The molecular weight excluding hydrogens is 498 g/mol. The van der Waals surface area contributed by atoms with Crippen molar-refractivity contribution in [2.45, 2.75) is 38.3 Å². The number of hydrogen-bond acceptors (Lipinski definition) is 7. The van der Waals surface area contributed by atoms with E-state index in [0.717, 1.165) is 16.8 Å². The summed E-state index contributed by atoms with van der Waals surface area (Å²) in [7, 11) is 1.47. The van der Waals surface area contributed by atoms with Crippen molar-refractivity contribution in [3.05, 3.63) is 83.4 Å². The van der Waals surface area contributed by atoms with Crippen molar-refractivity contribution in [1.29, 1.82) is 0 Å². The molecule has 0 atom stereocenters. The molecule has 0 saturated carbocycles. The van der Waals surface area contributed by atoms with Crippen LogP contribution in [0, 0.1) is 6.92 Å². The van der Waals surface area contributed by atoms with Crippen molar-refractivity contribution in [2.24, 2.45) is 5.10 Å². The van der Waals surface area contributed by atoms with Crippen LogP contribution >= 0.6 is 11.8 Å². The first-order valence-corrected chi connectivity index (χ1v) is 13.1. The summed E-state index contributed by atoms with van der Waals surface area (Å²) in [5.74, 6) is 0.743. The smallest absolute Gasteiger partial charge is 0.250 e. The van der Waals surface area contributed by atoms with Gasteiger partial charge in [-0.25, -0.2) is 5.43 Å². The number of nitrogens with zero attached hydrogens (tertiary/aromatic N) is 4. The van der Waals surface area contributed by atoms with Crippen LogP contribution in [0.5, 0.6) is 11.5 Å². The number of aromatic hydroxyl groups is 1. The Balaban J connectivity index is 1.53. The molecule has 1 amide bonds. The number of carbonyl (C=O) groups is 1. The van der Waals surface area contributed by atoms with Gasteiger partial charge in [0.25, 0.3) is 5.91 Å². The number of nitrogens with one attached hydrogen (secondary N) is 1. The lowest BCUT2D eigenvalue weighted by Crippen LogP contribution is -2.20. The minimum atomic E-state index is -0.317. The number of aromatic nitrogens is 3. The Kier molecular flexibility index (Phi) is 8.16. The molecular formula is C29H31N5O3S. The van der Waals surface area contributed by atoms with Crippen molar-refractivity contribution < 1.29 is 14.6 Å². The van der Waals surface area contributed by atoms with Gasteiger partial charge in [0.2, 0.25) is 0 Å². The van der Waals surface area contributed by atoms with Gasteiger partial charge in [-0.3, -0.25) is 9.36 Å². The maximum Gasteiger partial charge on any atom is 0.250 e. The molecule has 1 heterocycles. The van der Waals surface area contributed by atoms with Gasteiger partial charge < -0.3 is 9.84 Å². The quantitative estimate of drug-likeness (QED) is 0.178. The van der Waals surface area contributed by atoms with Gasteiger partial charge in [0.05, 0.1) is 19.1 Å². The third-order valence-electron chi connectivity index (χ3n) is 5.91. The molecule has 4 rings (SSSR count). The molecule has 0 fully saturated rings. The first-order valence-electron chi connectivity index (χ1n) is 12.1. The van der Waals surface area contributed by atoms with Gasteiger partial charge in [-0.1, -0.05) is 80.6 Å². The van der Waals surface area contributed by atoms with E-state index in [0.29, 0.717) is 22.3 Å². The standard InChI is InChI=1S/C29H31N5O3S/c1-19-9-15-23(16-10-19)34-27(20-11-13-22(14-12-20)29(2,3)4)32-33-28(34)38-18-25(35)31-30-17-21-7-6-8-24(37-5)26(21)36/h6-17,36H,18H2,1-5H3,(H,31,35)/b30-17+. The van der Waals surface area contributed by atoms with Crippen LogP contribution in [0.3, 0.4) is 0 Å². The number of amides is 1. The first-order chi connectivity index (χ1) is 18.2. The van der Waals surface area contributed by atoms with Gasteiger partial charge in [-0.05, 0) is 42.2 Å². The molecule has 0 bridgehead atoms. The highest BCUT2D eigenvalue weighted by Gasteiger charge is 2.19. The van der Waals surface area contributed by atoms with Gasteiger partial charge in [-0.15, -0.1) is 10.2 Å². The summed E-state index contributed by atoms with van der Waals surface area (Å²) >= 11 is 1.27. The fraction of sp³-hybridized carbons (Fsp3) is 0.241. The number of hydrazone groups is 1. The summed E-state index contributed by atoms with van der Waals surface area (Å²) in [6.07, 6.45) is 1.37. The van der Waals surface area contributed by atoms with E-state index in [1.165, 1.54) is 30.6 Å². The van der Waals surface area contributed by atoms with E-state index in [1.54, 1.807) is 18.2 Å². The van der Waals surface area contributed by atoms with Gasteiger partial charge in [-0.2, -0.15) is 5.10 Å². The van der Waals surface area contributed by atoms with E-state index < -0.39 is 0 Å². The average Bonchev–Trinajstić information content (AvgIpc) is 3.32. The minimum Gasteiger partial charge on any atom is -0.504 e. The molecule has 2 N–H and O–H groups in total. The second kappa shape index (κ2) is 11.5. The van der Waals surface area contributed by atoms with Crippen molar-refractivity contribution in [2.75, 3.05) is 12.9 Å². The highest BCUT2D eigenvalue weighted by Crippen LogP contribution is 2.31. The average molecular weight is 530 g/mol. The Morgan fingerprint density at radius 3 is 2.45 bits per heavy atom. The summed E-state index contributed by atoms with van der Waals surface area (Å²) in [5.41, 5.74) is 7.19. The highest BCUT2D eigenvalue weighted by atomic mass is 32.2. The Morgan fingerprint density at radius 1 is 1.08 bits per heavy atom. The zero-order valence-electron chi connectivity index (χ0n) is 22.1.